The molecular weight excluding hydrogens is 553 g/mol. The number of anilines is 2. The molecule has 1 atom stereocenters. The number of aromatic nitrogens is 3. The molecule has 2 saturated heterocycles. The number of amides is 3. The Hall–Kier alpha value is -4.50. The standard InChI is InChI=1S/C26H30FN9O4S/c1-39-25(41)30-14-21-15-34(26(38)40-21)19-5-6-23(22(27)12-19)33-8-7-31-35(10-9-33)24(37)29-13-18-3-2-4-20(11-18)36-17-28-16-32-36/h2-6,11-12,16-17,21,31H,7-10,13-15H2,1H3,(H,29,37)(H,30,41)/t21-/m0/s1. The maximum absolute atomic E-state index is 15.3. The number of nitrogens with zero attached hydrogens (tertiary/aromatic N) is 6. The van der Waals surface area contributed by atoms with Crippen LogP contribution in [0.1, 0.15) is 5.56 Å². The molecule has 216 valence electrons. The summed E-state index contributed by atoms with van der Waals surface area (Å²) >= 11 is 4.94. The predicted molar refractivity (Wildman–Crippen MR) is 152 cm³/mol. The van der Waals surface area contributed by atoms with Crippen LogP contribution in [0, 0.1) is 5.82 Å². The third-order valence-corrected chi connectivity index (χ3v) is 6.99. The Bertz CT molecular complexity index is 1390. The van der Waals surface area contributed by atoms with Gasteiger partial charge in [0.15, 0.2) is 0 Å². The number of urea groups is 1. The Labute approximate surface area is 241 Å². The molecule has 0 aliphatic carbocycles. The third-order valence-electron chi connectivity index (χ3n) is 6.68. The number of hydrogen-bond donors (Lipinski definition) is 3. The number of carbonyl (C=O) groups is 2. The van der Waals surface area contributed by atoms with Gasteiger partial charge in [-0.05, 0) is 48.1 Å². The van der Waals surface area contributed by atoms with Crippen molar-refractivity contribution >= 4 is 40.9 Å². The minimum atomic E-state index is -0.557. The summed E-state index contributed by atoms with van der Waals surface area (Å²) in [6.45, 7) is 2.54. The lowest BCUT2D eigenvalue weighted by atomic mass is 10.2. The molecule has 15 heteroatoms. The van der Waals surface area contributed by atoms with Crippen molar-refractivity contribution in [3.05, 3.63) is 66.5 Å². The third kappa shape index (κ3) is 6.81. The van der Waals surface area contributed by atoms with E-state index >= 15 is 4.39 Å². The minimum Gasteiger partial charge on any atom is -0.474 e. The Kier molecular flexibility index (Phi) is 8.74. The maximum Gasteiger partial charge on any atom is 0.414 e. The number of hydrazine groups is 1. The molecule has 0 radical (unpaired) electrons. The molecule has 0 unspecified atom stereocenters. The summed E-state index contributed by atoms with van der Waals surface area (Å²) in [6.07, 6.45) is 2.06. The van der Waals surface area contributed by atoms with Crippen molar-refractivity contribution < 1.29 is 23.5 Å². The van der Waals surface area contributed by atoms with E-state index in [1.54, 1.807) is 23.1 Å². The van der Waals surface area contributed by atoms with E-state index in [1.165, 1.54) is 29.4 Å². The monoisotopic (exact) mass is 583 g/mol. The predicted octanol–water partition coefficient (Wildman–Crippen LogP) is 1.79. The first kappa shape index (κ1) is 28.0. The first-order valence-corrected chi connectivity index (χ1v) is 13.4. The molecule has 2 aliphatic heterocycles. The van der Waals surface area contributed by atoms with E-state index in [9.17, 15) is 9.59 Å². The quantitative estimate of drug-likeness (QED) is 0.354. The van der Waals surface area contributed by atoms with Gasteiger partial charge in [-0.2, -0.15) is 5.10 Å². The summed E-state index contributed by atoms with van der Waals surface area (Å²) in [5.74, 6) is -0.470. The van der Waals surface area contributed by atoms with Crippen LogP contribution in [0.2, 0.25) is 0 Å². The smallest absolute Gasteiger partial charge is 0.414 e. The van der Waals surface area contributed by atoms with E-state index in [0.717, 1.165) is 11.3 Å². The number of cyclic esters (lactones) is 1. The van der Waals surface area contributed by atoms with Gasteiger partial charge in [0.05, 0.1) is 43.8 Å². The van der Waals surface area contributed by atoms with Crippen LogP contribution in [0.5, 0.6) is 0 Å². The van der Waals surface area contributed by atoms with Gasteiger partial charge in [-0.3, -0.25) is 9.91 Å². The van der Waals surface area contributed by atoms with Crippen LogP contribution in [-0.4, -0.2) is 89.6 Å². The van der Waals surface area contributed by atoms with Gasteiger partial charge in [-0.15, -0.1) is 0 Å². The highest BCUT2D eigenvalue weighted by atomic mass is 32.1. The lowest BCUT2D eigenvalue weighted by molar-refractivity contribution is 0.142. The zero-order valence-corrected chi connectivity index (χ0v) is 23.1. The number of nitrogens with one attached hydrogen (secondary N) is 3. The number of thiocarbonyl (C=S) groups is 1. The average molecular weight is 584 g/mol. The highest BCUT2D eigenvalue weighted by Gasteiger charge is 2.33. The molecule has 13 nitrogen and oxygen atoms in total. The zero-order valence-electron chi connectivity index (χ0n) is 22.3. The molecule has 0 spiro atoms. The van der Waals surface area contributed by atoms with E-state index in [1.807, 2.05) is 29.2 Å². The van der Waals surface area contributed by atoms with E-state index in [0.29, 0.717) is 44.1 Å². The maximum atomic E-state index is 15.3. The number of benzene rings is 2. The molecule has 3 aromatic rings. The minimum absolute atomic E-state index is 0.201. The highest BCUT2D eigenvalue weighted by molar-refractivity contribution is 7.80. The van der Waals surface area contributed by atoms with Crippen molar-refractivity contribution in [3.8, 4) is 5.69 Å². The molecule has 3 N–H and O–H groups in total. The van der Waals surface area contributed by atoms with Crippen molar-refractivity contribution in [1.82, 2.24) is 35.8 Å². The fourth-order valence-corrected chi connectivity index (χ4v) is 4.68. The number of hydrogen-bond acceptors (Lipinski definition) is 9. The molecule has 0 bridgehead atoms. The van der Waals surface area contributed by atoms with Crippen LogP contribution < -0.4 is 25.9 Å². The molecule has 2 fully saturated rings. The number of halogens is 1. The molecule has 0 saturated carbocycles. The summed E-state index contributed by atoms with van der Waals surface area (Å²) in [4.78, 5) is 32.4. The van der Waals surface area contributed by atoms with Crippen LogP contribution >= 0.6 is 12.2 Å². The lowest BCUT2D eigenvalue weighted by Gasteiger charge is -2.24. The van der Waals surface area contributed by atoms with Crippen molar-refractivity contribution in [1.29, 1.82) is 0 Å². The number of ether oxygens (including phenoxy) is 2. The van der Waals surface area contributed by atoms with Gasteiger partial charge in [0.1, 0.15) is 24.6 Å². The van der Waals surface area contributed by atoms with Gasteiger partial charge in [-0.25, -0.2) is 29.1 Å². The van der Waals surface area contributed by atoms with Gasteiger partial charge >= 0.3 is 12.1 Å². The molecule has 3 amide bonds. The van der Waals surface area contributed by atoms with Gasteiger partial charge in [0, 0.05) is 26.2 Å². The second kappa shape index (κ2) is 12.8. The Morgan fingerprint density at radius 2 is 2.07 bits per heavy atom. The number of rotatable bonds is 7. The van der Waals surface area contributed by atoms with E-state index in [2.05, 4.69) is 26.1 Å². The second-order valence-corrected chi connectivity index (χ2v) is 9.71. The zero-order chi connectivity index (χ0) is 28.8. The summed E-state index contributed by atoms with van der Waals surface area (Å²) in [5, 5.41) is 11.6. The molecule has 2 aromatic carbocycles. The average Bonchev–Trinajstić information content (AvgIpc) is 3.59. The number of methoxy groups -OCH3 is 1. The first-order valence-electron chi connectivity index (χ1n) is 13.0. The molecular formula is C26H30FN9O4S. The summed E-state index contributed by atoms with van der Waals surface area (Å²) < 4.78 is 27.1. The van der Waals surface area contributed by atoms with Crippen LogP contribution in [-0.2, 0) is 16.0 Å². The summed E-state index contributed by atoms with van der Waals surface area (Å²) in [7, 11) is 1.45. The molecule has 1 aromatic heterocycles. The largest absolute Gasteiger partial charge is 0.474 e. The van der Waals surface area contributed by atoms with Gasteiger partial charge in [0.2, 0.25) is 0 Å². The van der Waals surface area contributed by atoms with E-state index in [4.69, 9.17) is 21.7 Å². The fraction of sp³-hybridized carbons (Fsp3) is 0.346. The molecule has 2 aliphatic rings. The fourth-order valence-electron chi connectivity index (χ4n) is 4.60. The summed E-state index contributed by atoms with van der Waals surface area (Å²) in [6, 6.07) is 12.0. The molecule has 5 rings (SSSR count). The Balaban J connectivity index is 1.14. The van der Waals surface area contributed by atoms with Crippen LogP contribution in [0.4, 0.5) is 25.4 Å². The summed E-state index contributed by atoms with van der Waals surface area (Å²) in [5.41, 5.74) is 5.64. The van der Waals surface area contributed by atoms with E-state index < -0.39 is 18.0 Å². The number of carbonyl (C=O) groups excluding carboxylic acids is 2. The Morgan fingerprint density at radius 3 is 2.85 bits per heavy atom. The van der Waals surface area contributed by atoms with Crippen LogP contribution in [0.25, 0.3) is 5.69 Å². The molecule has 3 heterocycles. The van der Waals surface area contributed by atoms with Gasteiger partial charge in [-0.1, -0.05) is 12.1 Å². The van der Waals surface area contributed by atoms with Crippen molar-refractivity contribution in [2.75, 3.05) is 56.2 Å². The van der Waals surface area contributed by atoms with E-state index in [-0.39, 0.29) is 24.3 Å². The first-order chi connectivity index (χ1) is 19.9. The second-order valence-electron chi connectivity index (χ2n) is 9.34. The van der Waals surface area contributed by atoms with Crippen molar-refractivity contribution in [2.24, 2.45) is 0 Å². The Morgan fingerprint density at radius 1 is 1.20 bits per heavy atom. The topological polar surface area (TPSA) is 129 Å². The van der Waals surface area contributed by atoms with Gasteiger partial charge < -0.3 is 25.0 Å². The lowest BCUT2D eigenvalue weighted by Crippen LogP contribution is -2.48. The van der Waals surface area contributed by atoms with Crippen LogP contribution in [0.15, 0.2) is 55.1 Å². The van der Waals surface area contributed by atoms with Crippen LogP contribution in [0.3, 0.4) is 0 Å². The van der Waals surface area contributed by atoms with Crippen molar-refractivity contribution in [3.63, 3.8) is 0 Å². The SMILES string of the molecule is COC(=S)NC[C@H]1CN(c2ccc(N3CCNN(C(=O)NCc4cccc(-n5cncn5)c4)CC3)c(F)c2)C(=O)O1. The normalized spacial score (nSPS) is 17.2. The van der Waals surface area contributed by atoms with Crippen molar-refractivity contribution in [2.45, 2.75) is 12.6 Å². The molecule has 41 heavy (non-hydrogen) atoms. The van der Waals surface area contributed by atoms with Gasteiger partial charge in [0.25, 0.3) is 5.17 Å². The highest BCUT2D eigenvalue weighted by Crippen LogP contribution is 2.28.